The summed E-state index contributed by atoms with van der Waals surface area (Å²) in [5.41, 5.74) is 2.15. The zero-order valence-corrected chi connectivity index (χ0v) is 21.3. The van der Waals surface area contributed by atoms with Gasteiger partial charge in [0.1, 0.15) is 11.5 Å². The minimum absolute atomic E-state index is 0. The number of amides is 1. The van der Waals surface area contributed by atoms with Crippen molar-refractivity contribution in [3.8, 4) is 11.5 Å². The van der Waals surface area contributed by atoms with Gasteiger partial charge in [-0.1, -0.05) is 19.1 Å². The van der Waals surface area contributed by atoms with Crippen LogP contribution in [0, 0.1) is 0 Å². The molecular weight excluding hydrogens is 545 g/mol. The van der Waals surface area contributed by atoms with E-state index in [0.29, 0.717) is 42.7 Å². The molecule has 0 aliphatic heterocycles. The number of hydrogen-bond acceptors (Lipinski definition) is 4. The van der Waals surface area contributed by atoms with Gasteiger partial charge in [0.25, 0.3) is 0 Å². The van der Waals surface area contributed by atoms with Gasteiger partial charge in [-0.3, -0.25) is 4.79 Å². The molecule has 0 aromatic heterocycles. The van der Waals surface area contributed by atoms with Gasteiger partial charge < -0.3 is 25.4 Å². The van der Waals surface area contributed by atoms with E-state index in [2.05, 4.69) is 25.7 Å². The van der Waals surface area contributed by atoms with Crippen LogP contribution in [0.15, 0.2) is 47.5 Å². The third-order valence-electron chi connectivity index (χ3n) is 4.19. The molecule has 2 rings (SSSR count). The average molecular weight is 576 g/mol. The molecule has 10 heteroatoms. The van der Waals surface area contributed by atoms with Crippen LogP contribution in [0.2, 0.25) is 0 Å². The van der Waals surface area contributed by atoms with Crippen molar-refractivity contribution < 1.29 is 23.0 Å². The smallest absolute Gasteiger partial charge is 0.387 e. The molecule has 0 saturated carbocycles. The summed E-state index contributed by atoms with van der Waals surface area (Å²) >= 11 is 0. The SMILES string of the molecule is CCCOc1ccc(CNC(=NCc2cccc(NC(C)=O)c2)NCC)c(OC(F)F)c1.I. The van der Waals surface area contributed by atoms with Gasteiger partial charge in [-0.05, 0) is 43.2 Å². The molecule has 0 atom stereocenters. The van der Waals surface area contributed by atoms with Crippen LogP contribution in [0.4, 0.5) is 14.5 Å². The van der Waals surface area contributed by atoms with Crippen molar-refractivity contribution >= 4 is 41.5 Å². The number of benzene rings is 2. The van der Waals surface area contributed by atoms with Gasteiger partial charge >= 0.3 is 6.61 Å². The Morgan fingerprint density at radius 3 is 2.58 bits per heavy atom. The lowest BCUT2D eigenvalue weighted by molar-refractivity contribution is -0.114. The van der Waals surface area contributed by atoms with Crippen molar-refractivity contribution in [1.82, 2.24) is 10.6 Å². The lowest BCUT2D eigenvalue weighted by Crippen LogP contribution is -2.36. The molecule has 0 fully saturated rings. The topological polar surface area (TPSA) is 84.0 Å². The minimum Gasteiger partial charge on any atom is -0.493 e. The first-order chi connectivity index (χ1) is 15.4. The molecule has 0 aliphatic carbocycles. The Morgan fingerprint density at radius 1 is 1.12 bits per heavy atom. The largest absolute Gasteiger partial charge is 0.493 e. The molecule has 3 N–H and O–H groups in total. The monoisotopic (exact) mass is 576 g/mol. The minimum atomic E-state index is -2.94. The molecule has 182 valence electrons. The quantitative estimate of drug-likeness (QED) is 0.201. The standard InChI is InChI=1S/C23H30F2N4O3.HI/c1-4-11-31-20-10-9-18(21(13-20)32-22(24)25)15-28-23(26-5-2)27-14-17-7-6-8-19(12-17)29-16(3)30;/h6-10,12-13,22H,4-5,11,14-15H2,1-3H3,(H,29,30)(H2,26,27,28);1H. The van der Waals surface area contributed by atoms with Crippen LogP contribution in [0.1, 0.15) is 38.3 Å². The number of anilines is 1. The number of hydrogen-bond donors (Lipinski definition) is 3. The maximum atomic E-state index is 12.9. The van der Waals surface area contributed by atoms with Crippen LogP contribution in [0.5, 0.6) is 11.5 Å². The molecule has 0 bridgehead atoms. The maximum Gasteiger partial charge on any atom is 0.387 e. The van der Waals surface area contributed by atoms with E-state index in [1.54, 1.807) is 18.2 Å². The lowest BCUT2D eigenvalue weighted by Gasteiger charge is -2.16. The van der Waals surface area contributed by atoms with E-state index in [1.807, 2.05) is 32.0 Å². The summed E-state index contributed by atoms with van der Waals surface area (Å²) in [7, 11) is 0. The molecule has 0 saturated heterocycles. The van der Waals surface area contributed by atoms with Gasteiger partial charge in [0.15, 0.2) is 5.96 Å². The van der Waals surface area contributed by atoms with Crippen molar-refractivity contribution in [3.05, 3.63) is 53.6 Å². The van der Waals surface area contributed by atoms with Crippen LogP contribution < -0.4 is 25.4 Å². The molecule has 7 nitrogen and oxygen atoms in total. The molecule has 33 heavy (non-hydrogen) atoms. The Bertz CT molecular complexity index is 913. The number of alkyl halides is 2. The Labute approximate surface area is 210 Å². The second-order valence-electron chi connectivity index (χ2n) is 6.93. The number of nitrogens with zero attached hydrogens (tertiary/aromatic N) is 1. The van der Waals surface area contributed by atoms with Crippen molar-refractivity contribution in [2.45, 2.75) is 46.9 Å². The summed E-state index contributed by atoms with van der Waals surface area (Å²) in [6, 6.07) is 12.3. The second-order valence-corrected chi connectivity index (χ2v) is 6.93. The van der Waals surface area contributed by atoms with Crippen LogP contribution in [-0.2, 0) is 17.9 Å². The molecule has 0 spiro atoms. The zero-order chi connectivity index (χ0) is 23.3. The first-order valence-corrected chi connectivity index (χ1v) is 10.5. The van der Waals surface area contributed by atoms with Crippen LogP contribution in [-0.4, -0.2) is 31.6 Å². The van der Waals surface area contributed by atoms with Crippen LogP contribution in [0.3, 0.4) is 0 Å². The number of rotatable bonds is 11. The summed E-state index contributed by atoms with van der Waals surface area (Å²) in [4.78, 5) is 15.8. The fourth-order valence-electron chi connectivity index (χ4n) is 2.84. The molecular formula is C23H31F2IN4O3. The number of carbonyl (C=O) groups excluding carboxylic acids is 1. The summed E-state index contributed by atoms with van der Waals surface area (Å²) in [5.74, 6) is 0.908. The van der Waals surface area contributed by atoms with Gasteiger partial charge in [-0.15, -0.1) is 24.0 Å². The summed E-state index contributed by atoms with van der Waals surface area (Å²) < 4.78 is 36.0. The average Bonchev–Trinajstić information content (AvgIpc) is 2.74. The number of carbonyl (C=O) groups is 1. The molecule has 2 aromatic carbocycles. The Balaban J connectivity index is 0.00000544. The first kappa shape index (κ1) is 28.4. The van der Waals surface area contributed by atoms with Gasteiger partial charge in [-0.2, -0.15) is 8.78 Å². The third kappa shape index (κ3) is 10.7. The van der Waals surface area contributed by atoms with E-state index in [1.165, 1.54) is 13.0 Å². The van der Waals surface area contributed by atoms with Crippen molar-refractivity contribution in [3.63, 3.8) is 0 Å². The molecule has 1 amide bonds. The fourth-order valence-corrected chi connectivity index (χ4v) is 2.84. The van der Waals surface area contributed by atoms with Gasteiger partial charge in [-0.25, -0.2) is 4.99 Å². The molecule has 2 aromatic rings. The highest BCUT2D eigenvalue weighted by molar-refractivity contribution is 14.0. The summed E-state index contributed by atoms with van der Waals surface area (Å²) in [6.07, 6.45) is 0.810. The first-order valence-electron chi connectivity index (χ1n) is 10.5. The van der Waals surface area contributed by atoms with Crippen LogP contribution in [0.25, 0.3) is 0 Å². The van der Waals surface area contributed by atoms with E-state index in [-0.39, 0.29) is 42.2 Å². The number of ether oxygens (including phenoxy) is 2. The lowest BCUT2D eigenvalue weighted by atomic mass is 10.2. The van der Waals surface area contributed by atoms with Crippen molar-refractivity contribution in [2.75, 3.05) is 18.5 Å². The number of nitrogens with one attached hydrogen (secondary N) is 3. The van der Waals surface area contributed by atoms with E-state index in [0.717, 1.165) is 12.0 Å². The highest BCUT2D eigenvalue weighted by Crippen LogP contribution is 2.26. The molecule has 0 aliphatic rings. The predicted octanol–water partition coefficient (Wildman–Crippen LogP) is 4.91. The van der Waals surface area contributed by atoms with Gasteiger partial charge in [0, 0.05) is 37.3 Å². The van der Waals surface area contributed by atoms with E-state index in [4.69, 9.17) is 4.74 Å². The molecule has 0 heterocycles. The van der Waals surface area contributed by atoms with E-state index < -0.39 is 6.61 Å². The third-order valence-corrected chi connectivity index (χ3v) is 4.19. The summed E-state index contributed by atoms with van der Waals surface area (Å²) in [5, 5.41) is 9.00. The highest BCUT2D eigenvalue weighted by Gasteiger charge is 2.12. The Morgan fingerprint density at radius 2 is 1.91 bits per heavy atom. The van der Waals surface area contributed by atoms with Gasteiger partial charge in [0.05, 0.1) is 13.2 Å². The maximum absolute atomic E-state index is 12.9. The van der Waals surface area contributed by atoms with E-state index >= 15 is 0 Å². The van der Waals surface area contributed by atoms with Crippen molar-refractivity contribution in [1.29, 1.82) is 0 Å². The van der Waals surface area contributed by atoms with Crippen molar-refractivity contribution in [2.24, 2.45) is 4.99 Å². The Kier molecular flexibility index (Phi) is 13.1. The number of guanidine groups is 1. The molecule has 0 radical (unpaired) electrons. The van der Waals surface area contributed by atoms with Crippen LogP contribution >= 0.6 is 24.0 Å². The summed E-state index contributed by atoms with van der Waals surface area (Å²) in [6.45, 7) is 4.13. The second kappa shape index (κ2) is 15.3. The van der Waals surface area contributed by atoms with Gasteiger partial charge in [0.2, 0.25) is 5.91 Å². The molecule has 0 unspecified atom stereocenters. The Hall–Kier alpha value is -2.63. The number of halogens is 3. The van der Waals surface area contributed by atoms with E-state index in [9.17, 15) is 13.6 Å². The normalized spacial score (nSPS) is 10.9. The number of aliphatic imine (C=N–C) groups is 1. The highest BCUT2D eigenvalue weighted by atomic mass is 127. The fraction of sp³-hybridized carbons (Fsp3) is 0.391. The predicted molar refractivity (Wildman–Crippen MR) is 137 cm³/mol. The zero-order valence-electron chi connectivity index (χ0n) is 19.0.